The SMILES string of the molecule is CC(C)[Si](C#Cc1ccc(-c2c3nc(cc4ccc([nH]4)c(-c4c(OCc5cn(CCOCCOCCC(=O)OC(C)(C)C)nn5)cccc4OCc4cn(CCOCCOCCC(=O)OC(C)(C)C)nn4)c4nc(cc5ccc2[nH]5)C=C4)C=C3)cc1)(C(C)C)C(C)C. The van der Waals surface area contributed by atoms with E-state index >= 15 is 0 Å². The molecule has 0 radical (unpaired) electrons. The van der Waals surface area contributed by atoms with Gasteiger partial charge in [0.05, 0.1) is 120 Å². The zero-order valence-corrected chi connectivity index (χ0v) is 56.3. The number of carbonyl (C=O) groups is 2. The summed E-state index contributed by atoms with van der Waals surface area (Å²) in [7, 11) is -1.92. The number of nitrogens with one attached hydrogen (secondary N) is 2. The van der Waals surface area contributed by atoms with E-state index in [1.165, 1.54) is 0 Å². The Morgan fingerprint density at radius 2 is 0.978 bits per heavy atom. The van der Waals surface area contributed by atoms with Gasteiger partial charge in [0.15, 0.2) is 0 Å². The fourth-order valence-corrected chi connectivity index (χ4v) is 16.6. The molecule has 7 aromatic rings. The fourth-order valence-electron chi connectivity index (χ4n) is 11.4. The van der Waals surface area contributed by atoms with Gasteiger partial charge in [0.2, 0.25) is 0 Å². The molecule has 0 atom stereocenters. The van der Waals surface area contributed by atoms with E-state index in [2.05, 4.69) is 126 Å². The summed E-state index contributed by atoms with van der Waals surface area (Å²) < 4.78 is 50.4. The number of ether oxygens (including phenoxy) is 8. The van der Waals surface area contributed by atoms with E-state index in [1.807, 2.05) is 115 Å². The summed E-state index contributed by atoms with van der Waals surface area (Å²) in [6, 6.07) is 26.6. The van der Waals surface area contributed by atoms with Crippen molar-refractivity contribution in [2.75, 3.05) is 52.9 Å². The molecular weight excluding hydrogens is 1180 g/mol. The summed E-state index contributed by atoms with van der Waals surface area (Å²) in [6.45, 7) is 28.8. The lowest BCUT2D eigenvalue weighted by molar-refractivity contribution is -0.157. The van der Waals surface area contributed by atoms with Gasteiger partial charge in [0, 0.05) is 38.8 Å². The summed E-state index contributed by atoms with van der Waals surface area (Å²) in [5.74, 6) is 4.05. The van der Waals surface area contributed by atoms with Gasteiger partial charge < -0.3 is 47.9 Å². The molecule has 0 saturated carbocycles. The van der Waals surface area contributed by atoms with Crippen molar-refractivity contribution in [3.8, 4) is 45.2 Å². The van der Waals surface area contributed by atoms with E-state index in [0.717, 1.165) is 61.4 Å². The maximum Gasteiger partial charge on any atom is 0.308 e. The molecule has 9 rings (SSSR count). The third kappa shape index (κ3) is 18.8. The molecule has 92 heavy (non-hydrogen) atoms. The Hall–Kier alpha value is -8.52. The predicted molar refractivity (Wildman–Crippen MR) is 361 cm³/mol. The van der Waals surface area contributed by atoms with Crippen molar-refractivity contribution >= 4 is 66.4 Å². The highest BCUT2D eigenvalue weighted by molar-refractivity contribution is 6.90. The lowest BCUT2D eigenvalue weighted by Gasteiger charge is -2.38. The molecule has 2 aliphatic rings. The zero-order valence-electron chi connectivity index (χ0n) is 55.3. The monoisotopic (exact) mass is 1270 g/mol. The largest absolute Gasteiger partial charge is 0.486 e. The van der Waals surface area contributed by atoms with E-state index in [1.54, 1.807) is 9.36 Å². The molecule has 0 spiro atoms. The molecule has 0 unspecified atom stereocenters. The Bertz CT molecular complexity index is 3820. The van der Waals surface area contributed by atoms with E-state index in [-0.39, 0.29) is 51.2 Å². The molecule has 0 amide bonds. The number of fused-ring (bicyclic) bond motifs is 8. The number of nitrogens with zero attached hydrogens (tertiary/aromatic N) is 8. The van der Waals surface area contributed by atoms with Gasteiger partial charge in [-0.1, -0.05) is 76.1 Å². The van der Waals surface area contributed by atoms with Crippen LogP contribution in [0.1, 0.15) is 136 Å². The maximum atomic E-state index is 12.0. The minimum atomic E-state index is -1.92. The van der Waals surface area contributed by atoms with Gasteiger partial charge in [0.25, 0.3) is 0 Å². The molecule has 8 bridgehead atoms. The number of aromatic nitrogens is 10. The molecule has 2 N–H and O–H groups in total. The predicted octanol–water partition coefficient (Wildman–Crippen LogP) is 13.4. The Morgan fingerprint density at radius 3 is 1.43 bits per heavy atom. The smallest absolute Gasteiger partial charge is 0.308 e. The van der Waals surface area contributed by atoms with Crippen LogP contribution >= 0.6 is 0 Å². The van der Waals surface area contributed by atoms with Crippen LogP contribution in [0.15, 0.2) is 91.3 Å². The van der Waals surface area contributed by atoms with Gasteiger partial charge >= 0.3 is 11.9 Å². The lowest BCUT2D eigenvalue weighted by atomic mass is 10.0. The summed E-state index contributed by atoms with van der Waals surface area (Å²) in [4.78, 5) is 42.0. The second-order valence-corrected chi connectivity index (χ2v) is 31.3. The van der Waals surface area contributed by atoms with Crippen LogP contribution < -0.4 is 9.47 Å². The minimum Gasteiger partial charge on any atom is -0.486 e. The normalized spacial score (nSPS) is 12.5. The Labute approximate surface area is 540 Å². The summed E-state index contributed by atoms with van der Waals surface area (Å²) >= 11 is 0. The number of esters is 2. The maximum absolute atomic E-state index is 12.0. The average molecular weight is 1270 g/mol. The van der Waals surface area contributed by atoms with Crippen LogP contribution in [0, 0.1) is 11.5 Å². The molecular formula is C71H88N10O10Si. The summed E-state index contributed by atoms with van der Waals surface area (Å²) in [5.41, 5.74) is 16.4. The Morgan fingerprint density at radius 1 is 0.533 bits per heavy atom. The molecule has 2 aliphatic heterocycles. The first-order valence-electron chi connectivity index (χ1n) is 31.7. The van der Waals surface area contributed by atoms with E-state index in [4.69, 9.17) is 47.9 Å². The first-order valence-corrected chi connectivity index (χ1v) is 34.0. The minimum absolute atomic E-state index is 0.0796. The van der Waals surface area contributed by atoms with Crippen molar-refractivity contribution in [1.29, 1.82) is 0 Å². The molecule has 7 heterocycles. The number of hydrogen-bond acceptors (Lipinski definition) is 16. The third-order valence-electron chi connectivity index (χ3n) is 15.4. The van der Waals surface area contributed by atoms with Gasteiger partial charge in [-0.2, -0.15) is 0 Å². The fraction of sp³-hybridized carbons (Fsp3) is 0.437. The molecule has 0 saturated heterocycles. The Kier molecular flexibility index (Phi) is 23.0. The second kappa shape index (κ2) is 31.2. The topological polar surface area (TPSA) is 227 Å². The van der Waals surface area contributed by atoms with Crippen LogP contribution in [0.5, 0.6) is 11.5 Å². The van der Waals surface area contributed by atoms with Gasteiger partial charge in [0.1, 0.15) is 55.4 Å². The number of hydrogen-bond donors (Lipinski definition) is 2. The van der Waals surface area contributed by atoms with Gasteiger partial charge in [-0.15, -0.1) is 15.7 Å². The van der Waals surface area contributed by atoms with Crippen molar-refractivity contribution in [2.24, 2.45) is 0 Å². The number of aromatic amines is 2. The average Bonchev–Trinajstić information content (AvgIpc) is 1.51. The first kappa shape index (κ1) is 67.9. The zero-order chi connectivity index (χ0) is 65.4. The quantitative estimate of drug-likeness (QED) is 0.0192. The number of benzene rings is 2. The summed E-state index contributed by atoms with van der Waals surface area (Å²) in [6.07, 6.45) is 12.1. The van der Waals surface area contributed by atoms with Gasteiger partial charge in [-0.25, -0.2) is 19.3 Å². The highest BCUT2D eigenvalue weighted by Crippen LogP contribution is 2.44. The standard InChI is InChI=1S/C71H88N10O10Si/c1-48(2)92(49(3)4,50(5)6)41-30-51-16-18-52(19-17-51)67-59-24-20-53(72-59)42-55-22-26-61(74-55)68(62-27-23-56(75-62)43-54-21-25-60(67)73-54)69-63(88-46-57-44-80(78-76-57)31-35-86-39-37-84-33-28-65(82)90-70(7,8)9)14-13-15-64(69)89-47-58-45-81(79-77-58)32-36-87-40-38-85-34-29-66(83)91-71(10,11)12/h13-27,42-45,48-50,72,75H,28-29,31-40,46-47H2,1-12H3. The van der Waals surface area contributed by atoms with E-state index < -0.39 is 19.3 Å². The van der Waals surface area contributed by atoms with Gasteiger partial charge in [-0.3, -0.25) is 9.59 Å². The first-order chi connectivity index (χ1) is 44.1. The second-order valence-electron chi connectivity index (χ2n) is 25.7. The lowest BCUT2D eigenvalue weighted by Crippen LogP contribution is -2.43. The number of rotatable bonds is 29. The molecule has 2 aromatic carbocycles. The number of carbonyl (C=O) groups excluding carboxylic acids is 2. The van der Waals surface area contributed by atoms with Crippen LogP contribution in [0.25, 0.3) is 68.6 Å². The third-order valence-corrected chi connectivity index (χ3v) is 21.7. The van der Waals surface area contributed by atoms with Crippen LogP contribution in [-0.2, 0) is 64.3 Å². The van der Waals surface area contributed by atoms with Crippen molar-refractivity contribution in [1.82, 2.24) is 49.9 Å². The van der Waals surface area contributed by atoms with Crippen molar-refractivity contribution in [2.45, 2.75) is 150 Å². The molecule has 486 valence electrons. The van der Waals surface area contributed by atoms with E-state index in [0.29, 0.717) is 103 Å². The van der Waals surface area contributed by atoms with Crippen LogP contribution in [0.2, 0.25) is 16.6 Å². The molecule has 0 aliphatic carbocycles. The van der Waals surface area contributed by atoms with Crippen molar-refractivity contribution in [3.05, 3.63) is 131 Å². The van der Waals surface area contributed by atoms with Crippen molar-refractivity contribution in [3.63, 3.8) is 0 Å². The van der Waals surface area contributed by atoms with Crippen molar-refractivity contribution < 1.29 is 47.5 Å². The summed E-state index contributed by atoms with van der Waals surface area (Å²) in [5, 5.41) is 17.6. The highest BCUT2D eigenvalue weighted by Gasteiger charge is 2.41. The molecule has 21 heteroatoms. The van der Waals surface area contributed by atoms with Gasteiger partial charge in [-0.05, 0) is 149 Å². The molecule has 5 aromatic heterocycles. The van der Waals surface area contributed by atoms with Crippen LogP contribution in [0.3, 0.4) is 0 Å². The molecule has 0 fully saturated rings. The van der Waals surface area contributed by atoms with E-state index in [9.17, 15) is 9.59 Å². The van der Waals surface area contributed by atoms with Crippen LogP contribution in [0.4, 0.5) is 0 Å². The van der Waals surface area contributed by atoms with Crippen LogP contribution in [-0.4, -0.2) is 134 Å². The number of H-pyrrole nitrogens is 2. The molecule has 20 nitrogen and oxygen atoms in total. The Balaban J connectivity index is 0.980. The highest BCUT2D eigenvalue weighted by atomic mass is 28.3.